The Balaban J connectivity index is 1.97. The van der Waals surface area contributed by atoms with E-state index in [1.807, 2.05) is 0 Å². The molecular formula is C13H10F3NO5S2. The number of hydrogen-bond donors (Lipinski definition) is 1. The Morgan fingerprint density at radius 2 is 1.58 bits per heavy atom. The van der Waals surface area contributed by atoms with Gasteiger partial charge in [-0.15, -0.1) is 0 Å². The van der Waals surface area contributed by atoms with Crippen LogP contribution >= 0.6 is 0 Å². The Bertz CT molecular complexity index is 1010. The van der Waals surface area contributed by atoms with Crippen LogP contribution in [-0.2, 0) is 24.8 Å². The molecule has 1 N–H and O–H groups in total. The van der Waals surface area contributed by atoms with Crippen LogP contribution in [0.4, 0.5) is 13.2 Å². The molecule has 0 aromatic heterocycles. The molecule has 1 aliphatic heterocycles. The average molecular weight is 381 g/mol. The molecule has 1 heterocycles. The van der Waals surface area contributed by atoms with Crippen LogP contribution in [0.25, 0.3) is 10.8 Å². The second-order valence-corrected chi connectivity index (χ2v) is 8.74. The second-order valence-electron chi connectivity index (χ2n) is 5.13. The van der Waals surface area contributed by atoms with Crippen molar-refractivity contribution in [2.24, 2.45) is 0 Å². The molecule has 24 heavy (non-hydrogen) atoms. The zero-order chi connectivity index (χ0) is 17.8. The minimum atomic E-state index is -6.02. The van der Waals surface area contributed by atoms with Crippen LogP contribution in [0.2, 0.25) is 0 Å². The van der Waals surface area contributed by atoms with Crippen molar-refractivity contribution in [2.75, 3.05) is 6.61 Å². The molecule has 1 saturated heterocycles. The first-order valence-corrected chi connectivity index (χ1v) is 9.46. The molecule has 2 aromatic rings. The standard InChI is InChI=1S/C13H10F3NO5S2/c14-13(15,16)24(20,21)17-23(18,19)11-4-3-8-5-10(12-7-22-12)2-1-9(8)6-11/h1-6,12,17H,7H2. The molecule has 11 heteroatoms. The minimum Gasteiger partial charge on any atom is -0.368 e. The van der Waals surface area contributed by atoms with Gasteiger partial charge in [0, 0.05) is 0 Å². The maximum absolute atomic E-state index is 12.3. The van der Waals surface area contributed by atoms with Gasteiger partial charge >= 0.3 is 15.5 Å². The van der Waals surface area contributed by atoms with E-state index in [1.165, 1.54) is 6.07 Å². The topological polar surface area (TPSA) is 92.8 Å². The van der Waals surface area contributed by atoms with Crippen LogP contribution in [0.5, 0.6) is 0 Å². The summed E-state index contributed by atoms with van der Waals surface area (Å²) in [7, 11) is -10.9. The fourth-order valence-corrected chi connectivity index (χ4v) is 4.54. The van der Waals surface area contributed by atoms with Gasteiger partial charge in [0.15, 0.2) is 0 Å². The van der Waals surface area contributed by atoms with Crippen molar-refractivity contribution in [3.8, 4) is 0 Å². The highest BCUT2D eigenvalue weighted by molar-refractivity contribution is 8.05. The van der Waals surface area contributed by atoms with Crippen molar-refractivity contribution in [3.63, 3.8) is 0 Å². The summed E-state index contributed by atoms with van der Waals surface area (Å²) in [5, 5.41) is 1.09. The Morgan fingerprint density at radius 1 is 1.00 bits per heavy atom. The van der Waals surface area contributed by atoms with Crippen molar-refractivity contribution in [1.29, 1.82) is 0 Å². The second kappa shape index (κ2) is 5.41. The molecule has 3 rings (SSSR count). The van der Waals surface area contributed by atoms with E-state index in [0.29, 0.717) is 21.5 Å². The van der Waals surface area contributed by atoms with Crippen LogP contribution < -0.4 is 4.13 Å². The lowest BCUT2D eigenvalue weighted by atomic mass is 10.1. The summed E-state index contributed by atoms with van der Waals surface area (Å²) in [4.78, 5) is -0.585. The van der Waals surface area contributed by atoms with Gasteiger partial charge in [-0.3, -0.25) is 0 Å². The first-order valence-electron chi connectivity index (χ1n) is 6.50. The van der Waals surface area contributed by atoms with E-state index in [0.717, 1.165) is 17.7 Å². The number of sulfonamides is 2. The van der Waals surface area contributed by atoms with Crippen LogP contribution in [0.15, 0.2) is 41.3 Å². The Kier molecular flexibility index (Phi) is 3.86. The molecule has 1 aliphatic rings. The summed E-state index contributed by atoms with van der Waals surface area (Å²) in [5.74, 6) is 0. The number of fused-ring (bicyclic) bond motifs is 1. The highest BCUT2D eigenvalue weighted by atomic mass is 32.3. The number of hydrogen-bond acceptors (Lipinski definition) is 5. The Hall–Kier alpha value is -1.69. The van der Waals surface area contributed by atoms with Gasteiger partial charge in [0.25, 0.3) is 10.0 Å². The van der Waals surface area contributed by atoms with Gasteiger partial charge in [0.1, 0.15) is 6.10 Å². The third-order valence-electron chi connectivity index (χ3n) is 3.38. The smallest absolute Gasteiger partial charge is 0.368 e. The predicted molar refractivity (Wildman–Crippen MR) is 77.9 cm³/mol. The maximum Gasteiger partial charge on any atom is 0.512 e. The Morgan fingerprint density at radius 3 is 2.17 bits per heavy atom. The zero-order valence-corrected chi connectivity index (χ0v) is 13.4. The van der Waals surface area contributed by atoms with E-state index >= 15 is 0 Å². The third kappa shape index (κ3) is 3.24. The SMILES string of the molecule is O=S(=O)(NS(=O)(=O)C(F)(F)F)c1ccc2cc(C3CO3)ccc2c1. The van der Waals surface area contributed by atoms with Gasteiger partial charge in [-0.25, -0.2) is 16.8 Å². The molecule has 0 bridgehead atoms. The quantitative estimate of drug-likeness (QED) is 0.818. The van der Waals surface area contributed by atoms with Crippen molar-refractivity contribution < 1.29 is 34.7 Å². The number of benzene rings is 2. The molecule has 2 aromatic carbocycles. The van der Waals surface area contributed by atoms with Crippen LogP contribution in [0, 0.1) is 0 Å². The van der Waals surface area contributed by atoms with Crippen LogP contribution in [0.1, 0.15) is 11.7 Å². The van der Waals surface area contributed by atoms with Crippen molar-refractivity contribution in [1.82, 2.24) is 4.13 Å². The summed E-state index contributed by atoms with van der Waals surface area (Å²) >= 11 is 0. The van der Waals surface area contributed by atoms with E-state index in [-0.39, 0.29) is 6.10 Å². The van der Waals surface area contributed by atoms with E-state index in [2.05, 4.69) is 0 Å². The third-order valence-corrected chi connectivity index (χ3v) is 6.61. The van der Waals surface area contributed by atoms with Crippen LogP contribution in [0.3, 0.4) is 0 Å². The predicted octanol–water partition coefficient (Wildman–Crippen LogP) is 2.04. The monoisotopic (exact) mass is 381 g/mol. The van der Waals surface area contributed by atoms with Gasteiger partial charge < -0.3 is 4.74 Å². The normalized spacial score (nSPS) is 18.7. The molecule has 1 unspecified atom stereocenters. The lowest BCUT2D eigenvalue weighted by molar-refractivity contribution is -0.0441. The largest absolute Gasteiger partial charge is 0.512 e. The number of halogens is 3. The van der Waals surface area contributed by atoms with Crippen molar-refractivity contribution >= 4 is 30.8 Å². The maximum atomic E-state index is 12.3. The van der Waals surface area contributed by atoms with Gasteiger partial charge in [-0.1, -0.05) is 22.3 Å². The van der Waals surface area contributed by atoms with Gasteiger partial charge in [-0.2, -0.15) is 13.2 Å². The first kappa shape index (κ1) is 17.1. The van der Waals surface area contributed by atoms with Crippen LogP contribution in [-0.4, -0.2) is 29.0 Å². The molecule has 0 aliphatic carbocycles. The fraction of sp³-hybridized carbons (Fsp3) is 0.231. The number of epoxide rings is 1. The minimum absolute atomic E-state index is 0.00333. The van der Waals surface area contributed by atoms with E-state index in [1.54, 1.807) is 18.2 Å². The summed E-state index contributed by atoms with van der Waals surface area (Å²) in [6.45, 7) is 0.594. The number of rotatable bonds is 4. The lowest BCUT2D eigenvalue weighted by Crippen LogP contribution is -2.40. The number of nitrogens with one attached hydrogen (secondary N) is 1. The molecular weight excluding hydrogens is 371 g/mol. The number of alkyl halides is 3. The highest BCUT2D eigenvalue weighted by Crippen LogP contribution is 2.32. The summed E-state index contributed by atoms with van der Waals surface area (Å²) in [6.07, 6.45) is -0.00333. The van der Waals surface area contributed by atoms with Gasteiger partial charge in [0.05, 0.1) is 11.5 Å². The molecule has 0 amide bonds. The zero-order valence-electron chi connectivity index (χ0n) is 11.7. The number of ether oxygens (including phenoxy) is 1. The molecule has 1 atom stereocenters. The van der Waals surface area contributed by atoms with Gasteiger partial charge in [0.2, 0.25) is 0 Å². The summed E-state index contributed by atoms with van der Waals surface area (Å²) in [6, 6.07) is 8.58. The highest BCUT2D eigenvalue weighted by Gasteiger charge is 2.48. The lowest BCUT2D eigenvalue weighted by Gasteiger charge is -2.11. The summed E-state index contributed by atoms with van der Waals surface area (Å²) in [5.41, 5.74) is -4.83. The Labute approximate surface area is 135 Å². The molecule has 6 nitrogen and oxygen atoms in total. The van der Waals surface area contributed by atoms with E-state index < -0.39 is 30.5 Å². The van der Waals surface area contributed by atoms with E-state index in [4.69, 9.17) is 4.74 Å². The molecule has 130 valence electrons. The average Bonchev–Trinajstić information content (AvgIpc) is 3.28. The molecule has 1 fully saturated rings. The van der Waals surface area contributed by atoms with Crippen molar-refractivity contribution in [3.05, 3.63) is 42.0 Å². The summed E-state index contributed by atoms with van der Waals surface area (Å²) < 4.78 is 88.6. The fourth-order valence-electron chi connectivity index (χ4n) is 2.09. The molecule has 0 saturated carbocycles. The van der Waals surface area contributed by atoms with Gasteiger partial charge in [-0.05, 0) is 34.5 Å². The molecule has 0 spiro atoms. The first-order chi connectivity index (χ1) is 11.0. The van der Waals surface area contributed by atoms with Crippen molar-refractivity contribution in [2.45, 2.75) is 16.5 Å². The molecule has 0 radical (unpaired) electrons. The van der Waals surface area contributed by atoms with E-state index in [9.17, 15) is 30.0 Å².